The lowest BCUT2D eigenvalue weighted by atomic mass is 10.2. The van der Waals surface area contributed by atoms with Gasteiger partial charge in [-0.15, -0.1) is 0 Å². The minimum Gasteiger partial charge on any atom is -0.507 e. The summed E-state index contributed by atoms with van der Waals surface area (Å²) < 4.78 is 0. The highest BCUT2D eigenvalue weighted by Gasteiger charge is 2.05. The fraction of sp³-hybridized carbons (Fsp3) is 0.429. The molecule has 0 heterocycles. The maximum atomic E-state index is 10.0. The zero-order valence-corrected chi connectivity index (χ0v) is 13.0. The molecule has 20 heavy (non-hydrogen) atoms. The number of rotatable bonds is 6. The van der Waals surface area contributed by atoms with Crippen LogP contribution in [0.2, 0.25) is 0 Å². The van der Waals surface area contributed by atoms with Gasteiger partial charge < -0.3 is 15.3 Å². The van der Waals surface area contributed by atoms with E-state index < -0.39 is 0 Å². The molecule has 3 N–H and O–H groups in total. The number of anilines is 1. The first-order valence-electron chi connectivity index (χ1n) is 6.77. The van der Waals surface area contributed by atoms with Crippen LogP contribution in [-0.4, -0.2) is 36.1 Å². The van der Waals surface area contributed by atoms with E-state index in [1.165, 1.54) is 0 Å². The van der Waals surface area contributed by atoms with E-state index in [1.54, 1.807) is 12.3 Å². The summed E-state index contributed by atoms with van der Waals surface area (Å²) in [5.74, 6) is 0.203. The van der Waals surface area contributed by atoms with Gasteiger partial charge in [-0.3, -0.25) is 5.43 Å². The first-order valence-corrected chi connectivity index (χ1v) is 7.18. The zero-order chi connectivity index (χ0) is 15.0. The van der Waals surface area contributed by atoms with E-state index in [4.69, 9.17) is 12.2 Å². The monoisotopic (exact) mass is 294 g/mol. The molecule has 0 aliphatic heterocycles. The number of aromatic hydroxyl groups is 1. The number of benzene rings is 1. The van der Waals surface area contributed by atoms with E-state index in [2.05, 4.69) is 34.6 Å². The van der Waals surface area contributed by atoms with E-state index in [9.17, 15) is 5.11 Å². The Labute approximate surface area is 125 Å². The van der Waals surface area contributed by atoms with Gasteiger partial charge in [0.05, 0.1) is 6.21 Å². The third-order valence-electron chi connectivity index (χ3n) is 2.85. The van der Waals surface area contributed by atoms with Gasteiger partial charge in [-0.25, -0.2) is 0 Å². The maximum Gasteiger partial charge on any atom is 0.186 e. The molecule has 0 fully saturated rings. The van der Waals surface area contributed by atoms with Crippen LogP contribution in [0, 0.1) is 0 Å². The maximum absolute atomic E-state index is 10.0. The smallest absolute Gasteiger partial charge is 0.186 e. The predicted molar refractivity (Wildman–Crippen MR) is 88.7 cm³/mol. The molecule has 1 aromatic carbocycles. The van der Waals surface area contributed by atoms with Crippen molar-refractivity contribution in [3.63, 3.8) is 0 Å². The van der Waals surface area contributed by atoms with Crippen LogP contribution >= 0.6 is 12.2 Å². The van der Waals surface area contributed by atoms with Gasteiger partial charge in [0.25, 0.3) is 0 Å². The highest BCUT2D eigenvalue weighted by atomic mass is 32.1. The molecule has 0 saturated heterocycles. The molecule has 0 radical (unpaired) electrons. The molecule has 0 aliphatic rings. The first-order chi connectivity index (χ1) is 9.62. The summed E-state index contributed by atoms with van der Waals surface area (Å²) in [4.78, 5) is 2.17. The van der Waals surface area contributed by atoms with E-state index in [0.717, 1.165) is 25.3 Å². The molecule has 0 atom stereocenters. The van der Waals surface area contributed by atoms with Gasteiger partial charge in [0.15, 0.2) is 5.11 Å². The Morgan fingerprint density at radius 2 is 2.05 bits per heavy atom. The quantitative estimate of drug-likeness (QED) is 0.426. The number of hydrazone groups is 1. The van der Waals surface area contributed by atoms with Crippen molar-refractivity contribution in [3.8, 4) is 5.75 Å². The van der Waals surface area contributed by atoms with Crippen LogP contribution in [0.5, 0.6) is 5.75 Å². The van der Waals surface area contributed by atoms with Crippen molar-refractivity contribution in [3.05, 3.63) is 23.8 Å². The van der Waals surface area contributed by atoms with E-state index >= 15 is 0 Å². The topological polar surface area (TPSA) is 59.9 Å². The van der Waals surface area contributed by atoms with E-state index in [-0.39, 0.29) is 5.75 Å². The molecule has 0 aromatic heterocycles. The molecule has 0 bridgehead atoms. The average Bonchev–Trinajstić information content (AvgIpc) is 2.43. The number of thiocarbonyl (C=S) groups is 1. The fourth-order valence-electron chi connectivity index (χ4n) is 1.79. The second kappa shape index (κ2) is 8.37. The van der Waals surface area contributed by atoms with Gasteiger partial charge in [-0.05, 0) is 45.1 Å². The van der Waals surface area contributed by atoms with Gasteiger partial charge in [0.1, 0.15) is 5.75 Å². The average molecular weight is 294 g/mol. The third-order valence-corrected chi connectivity index (χ3v) is 3.09. The Bertz CT molecular complexity index is 472. The van der Waals surface area contributed by atoms with Crippen molar-refractivity contribution < 1.29 is 5.11 Å². The van der Waals surface area contributed by atoms with Crippen molar-refractivity contribution in [2.24, 2.45) is 5.10 Å². The van der Waals surface area contributed by atoms with Gasteiger partial charge in [-0.1, -0.05) is 0 Å². The van der Waals surface area contributed by atoms with Gasteiger partial charge >= 0.3 is 0 Å². The molecular weight excluding hydrogens is 272 g/mol. The molecule has 1 aromatic rings. The molecule has 0 aliphatic carbocycles. The van der Waals surface area contributed by atoms with Crippen LogP contribution in [0.4, 0.5) is 5.69 Å². The molecule has 0 amide bonds. The Balaban J connectivity index is 2.73. The molecule has 0 unspecified atom stereocenters. The third kappa shape index (κ3) is 4.70. The van der Waals surface area contributed by atoms with Crippen LogP contribution in [0.25, 0.3) is 0 Å². The summed E-state index contributed by atoms with van der Waals surface area (Å²) in [6.07, 6.45) is 1.55. The van der Waals surface area contributed by atoms with Gasteiger partial charge in [-0.2, -0.15) is 5.10 Å². The van der Waals surface area contributed by atoms with Gasteiger partial charge in [0.2, 0.25) is 0 Å². The molecule has 0 spiro atoms. The summed E-state index contributed by atoms with van der Waals surface area (Å²) in [5, 5.41) is 17.4. The second-order valence-corrected chi connectivity index (χ2v) is 4.55. The van der Waals surface area contributed by atoms with E-state index in [1.807, 2.05) is 19.1 Å². The SMILES string of the molecule is CCNC(=S)N/N=C/c1ccc(N(CC)CC)cc1O. The Hall–Kier alpha value is -1.82. The minimum absolute atomic E-state index is 0.203. The lowest BCUT2D eigenvalue weighted by Gasteiger charge is -2.21. The van der Waals surface area contributed by atoms with Crippen LogP contribution in [0.1, 0.15) is 26.3 Å². The zero-order valence-electron chi connectivity index (χ0n) is 12.2. The lowest BCUT2D eigenvalue weighted by molar-refractivity contribution is 0.474. The summed E-state index contributed by atoms with van der Waals surface area (Å²) in [7, 11) is 0. The van der Waals surface area contributed by atoms with E-state index in [0.29, 0.717) is 10.7 Å². The molecule has 0 saturated carbocycles. The summed E-state index contributed by atoms with van der Waals surface area (Å²) in [6, 6.07) is 5.55. The number of nitrogens with zero attached hydrogens (tertiary/aromatic N) is 2. The first kappa shape index (κ1) is 16.2. The molecule has 1 rings (SSSR count). The number of hydrogen-bond acceptors (Lipinski definition) is 4. The molecule has 5 nitrogen and oxygen atoms in total. The summed E-state index contributed by atoms with van der Waals surface area (Å²) in [6.45, 7) is 8.67. The van der Waals surface area contributed by atoms with Crippen LogP contribution < -0.4 is 15.6 Å². The molecule has 6 heteroatoms. The Morgan fingerprint density at radius 1 is 1.35 bits per heavy atom. The highest BCUT2D eigenvalue weighted by Crippen LogP contribution is 2.23. The number of hydrogen-bond donors (Lipinski definition) is 3. The van der Waals surface area contributed by atoms with Crippen molar-refractivity contribution in [2.75, 3.05) is 24.5 Å². The van der Waals surface area contributed by atoms with Crippen molar-refractivity contribution in [2.45, 2.75) is 20.8 Å². The number of nitrogens with one attached hydrogen (secondary N) is 2. The Morgan fingerprint density at radius 3 is 2.60 bits per heavy atom. The lowest BCUT2D eigenvalue weighted by Crippen LogP contribution is -2.31. The van der Waals surface area contributed by atoms with Crippen molar-refractivity contribution in [1.29, 1.82) is 0 Å². The highest BCUT2D eigenvalue weighted by molar-refractivity contribution is 7.80. The van der Waals surface area contributed by atoms with Crippen LogP contribution in [0.3, 0.4) is 0 Å². The van der Waals surface area contributed by atoms with Crippen LogP contribution in [0.15, 0.2) is 23.3 Å². The standard InChI is InChI=1S/C14H22N4OS/c1-4-15-14(20)17-16-10-11-7-8-12(9-13(11)19)18(5-2)6-3/h7-10,19H,4-6H2,1-3H3,(H2,15,17,20)/b16-10+. The van der Waals surface area contributed by atoms with Crippen LogP contribution in [-0.2, 0) is 0 Å². The Kier molecular flexibility index (Phi) is 6.79. The normalized spacial score (nSPS) is 10.6. The predicted octanol–water partition coefficient (Wildman–Crippen LogP) is 2.06. The molecule has 110 valence electrons. The fourth-order valence-corrected chi connectivity index (χ4v) is 1.98. The summed E-state index contributed by atoms with van der Waals surface area (Å²) >= 11 is 4.98. The van der Waals surface area contributed by atoms with Crippen molar-refractivity contribution >= 4 is 29.2 Å². The molecular formula is C14H22N4OS. The van der Waals surface area contributed by atoms with Gasteiger partial charge in [0, 0.05) is 37.0 Å². The minimum atomic E-state index is 0.203. The summed E-state index contributed by atoms with van der Waals surface area (Å²) in [5.41, 5.74) is 4.33. The number of phenols is 1. The number of phenolic OH excluding ortho intramolecular Hbond substituents is 1. The second-order valence-electron chi connectivity index (χ2n) is 4.14. The largest absolute Gasteiger partial charge is 0.507 e. The van der Waals surface area contributed by atoms with Crippen molar-refractivity contribution in [1.82, 2.24) is 10.7 Å².